The Balaban J connectivity index is 2.49. The zero-order chi connectivity index (χ0) is 20.5. The van der Waals surface area contributed by atoms with Gasteiger partial charge in [-0.1, -0.05) is 0 Å². The Kier molecular flexibility index (Phi) is 5.01. The maximum absolute atomic E-state index is 12.2. The molecule has 0 fully saturated rings. The molecule has 0 aliphatic carbocycles. The number of hydrogen-bond acceptors (Lipinski definition) is 8. The number of pyridine rings is 1. The predicted octanol–water partition coefficient (Wildman–Crippen LogP) is 0.388. The fourth-order valence-electron chi connectivity index (χ4n) is 1.97. The number of carboxylic acids is 2. The zero-order valence-electron chi connectivity index (χ0n) is 12.9. The number of nitrogens with zero attached hydrogens (tertiary/aromatic N) is 1. The van der Waals surface area contributed by atoms with E-state index in [0.717, 1.165) is 12.1 Å². The first-order valence-electron chi connectivity index (χ1n) is 6.74. The van der Waals surface area contributed by atoms with Crippen molar-refractivity contribution in [2.45, 2.75) is 4.90 Å². The van der Waals surface area contributed by atoms with Gasteiger partial charge in [0, 0.05) is 6.07 Å². The van der Waals surface area contributed by atoms with Gasteiger partial charge in [0.2, 0.25) is 0 Å². The summed E-state index contributed by atoms with van der Waals surface area (Å²) in [6.45, 7) is 0. The van der Waals surface area contributed by atoms with Crippen LogP contribution in [0.4, 0.5) is 5.82 Å². The number of carbonyl (C=O) groups is 3. The molecule has 27 heavy (non-hydrogen) atoms. The molecule has 0 atom stereocenters. The average molecular weight is 398 g/mol. The van der Waals surface area contributed by atoms with Gasteiger partial charge >= 0.3 is 11.9 Å². The lowest BCUT2D eigenvalue weighted by atomic mass is 10.1. The SMILES string of the molecule is O=C(O)c1ccc(C(=O)O)c(NC(=O)c2cc(O)c(S(=O)(=O)O)cc2O)n1. The van der Waals surface area contributed by atoms with E-state index in [1.165, 1.54) is 0 Å². The van der Waals surface area contributed by atoms with Crippen molar-refractivity contribution in [3.8, 4) is 11.5 Å². The number of phenols is 2. The number of aromatic hydroxyl groups is 2. The summed E-state index contributed by atoms with van der Waals surface area (Å²) in [5.74, 6) is -6.97. The normalized spacial score (nSPS) is 11.0. The molecule has 0 radical (unpaired) electrons. The highest BCUT2D eigenvalue weighted by Gasteiger charge is 2.23. The van der Waals surface area contributed by atoms with Gasteiger partial charge in [-0.3, -0.25) is 9.35 Å². The largest absolute Gasteiger partial charge is 0.507 e. The molecule has 6 N–H and O–H groups in total. The third kappa shape index (κ3) is 4.10. The van der Waals surface area contributed by atoms with Crippen molar-refractivity contribution >= 4 is 33.8 Å². The van der Waals surface area contributed by atoms with E-state index in [1.807, 2.05) is 5.32 Å². The number of carbonyl (C=O) groups excluding carboxylic acids is 1. The van der Waals surface area contributed by atoms with Crippen molar-refractivity contribution in [3.05, 3.63) is 41.1 Å². The molecule has 1 heterocycles. The highest BCUT2D eigenvalue weighted by molar-refractivity contribution is 7.86. The highest BCUT2D eigenvalue weighted by atomic mass is 32.2. The van der Waals surface area contributed by atoms with Crippen LogP contribution < -0.4 is 5.32 Å². The average Bonchev–Trinajstić information content (AvgIpc) is 2.55. The second-order valence-electron chi connectivity index (χ2n) is 4.97. The number of amides is 1. The lowest BCUT2D eigenvalue weighted by molar-refractivity contribution is 0.0676. The minimum Gasteiger partial charge on any atom is -0.507 e. The maximum atomic E-state index is 12.2. The molecular weight excluding hydrogens is 388 g/mol. The van der Waals surface area contributed by atoms with E-state index in [4.69, 9.17) is 14.8 Å². The summed E-state index contributed by atoms with van der Waals surface area (Å²) in [7, 11) is -4.89. The number of aromatic carboxylic acids is 2. The third-order valence-electron chi connectivity index (χ3n) is 3.18. The Morgan fingerprint density at radius 3 is 2.07 bits per heavy atom. The molecule has 0 aliphatic heterocycles. The molecule has 2 aromatic rings. The van der Waals surface area contributed by atoms with Gasteiger partial charge in [-0.15, -0.1) is 0 Å². The van der Waals surface area contributed by atoms with Crippen LogP contribution in [0, 0.1) is 0 Å². The molecule has 0 bridgehead atoms. The fourth-order valence-corrected chi connectivity index (χ4v) is 2.55. The van der Waals surface area contributed by atoms with E-state index in [-0.39, 0.29) is 0 Å². The van der Waals surface area contributed by atoms with Crippen molar-refractivity contribution in [1.82, 2.24) is 4.98 Å². The first-order valence-corrected chi connectivity index (χ1v) is 8.18. The van der Waals surface area contributed by atoms with Crippen LogP contribution in [0.3, 0.4) is 0 Å². The first-order chi connectivity index (χ1) is 12.4. The van der Waals surface area contributed by atoms with Crippen LogP contribution in [-0.2, 0) is 10.1 Å². The van der Waals surface area contributed by atoms with E-state index >= 15 is 0 Å². The summed E-state index contributed by atoms with van der Waals surface area (Å²) in [4.78, 5) is 36.8. The van der Waals surface area contributed by atoms with Gasteiger partial charge in [-0.2, -0.15) is 8.42 Å². The standard InChI is InChI=1S/C14H10N2O10S/c17-8-4-10(27(24,25)26)9(18)3-6(8)12(19)16-11-5(13(20)21)1-2-7(15-11)14(22)23/h1-4,17-18H,(H,20,21)(H,22,23)(H,15,16,19)(H,24,25,26). The minimum absolute atomic E-state index is 0.402. The zero-order valence-corrected chi connectivity index (χ0v) is 13.8. The van der Waals surface area contributed by atoms with Crippen molar-refractivity contribution in [3.63, 3.8) is 0 Å². The molecule has 0 saturated carbocycles. The predicted molar refractivity (Wildman–Crippen MR) is 85.7 cm³/mol. The molecule has 12 nitrogen and oxygen atoms in total. The summed E-state index contributed by atoms with van der Waals surface area (Å²) < 4.78 is 31.0. The van der Waals surface area contributed by atoms with E-state index in [2.05, 4.69) is 4.98 Å². The quantitative estimate of drug-likeness (QED) is 0.299. The third-order valence-corrected chi connectivity index (χ3v) is 4.06. The molecule has 142 valence electrons. The fraction of sp³-hybridized carbons (Fsp3) is 0. The molecule has 2 rings (SSSR count). The maximum Gasteiger partial charge on any atom is 0.354 e. The van der Waals surface area contributed by atoms with Crippen molar-refractivity contribution < 1.29 is 47.8 Å². The second kappa shape index (κ2) is 6.89. The Morgan fingerprint density at radius 1 is 0.926 bits per heavy atom. The van der Waals surface area contributed by atoms with Gasteiger partial charge in [-0.25, -0.2) is 14.6 Å². The monoisotopic (exact) mass is 398 g/mol. The lowest BCUT2D eigenvalue weighted by Crippen LogP contribution is -2.18. The highest BCUT2D eigenvalue weighted by Crippen LogP contribution is 2.31. The number of rotatable bonds is 5. The minimum atomic E-state index is -4.89. The van der Waals surface area contributed by atoms with Gasteiger partial charge in [-0.05, 0) is 18.2 Å². The summed E-state index contributed by atoms with van der Waals surface area (Å²) in [5.41, 5.74) is -1.84. The molecule has 0 spiro atoms. The van der Waals surface area contributed by atoms with E-state index in [9.17, 15) is 33.0 Å². The molecule has 0 aliphatic rings. The van der Waals surface area contributed by atoms with Gasteiger partial charge in [0.05, 0.1) is 5.56 Å². The van der Waals surface area contributed by atoms with Crippen LogP contribution in [0.5, 0.6) is 11.5 Å². The number of aromatic nitrogens is 1. The molecule has 1 aromatic heterocycles. The molecule has 1 aromatic carbocycles. The lowest BCUT2D eigenvalue weighted by Gasteiger charge is -2.11. The number of benzene rings is 1. The molecular formula is C14H10N2O10S. The Hall–Kier alpha value is -3.71. The smallest absolute Gasteiger partial charge is 0.354 e. The Morgan fingerprint density at radius 2 is 1.56 bits per heavy atom. The van der Waals surface area contributed by atoms with E-state index in [0.29, 0.717) is 12.1 Å². The summed E-state index contributed by atoms with van der Waals surface area (Å²) in [5, 5.41) is 39.3. The topological polar surface area (TPSA) is 211 Å². The summed E-state index contributed by atoms with van der Waals surface area (Å²) in [6, 6.07) is 2.69. The van der Waals surface area contributed by atoms with Gasteiger partial charge in [0.25, 0.3) is 16.0 Å². The Bertz CT molecular complexity index is 1080. The summed E-state index contributed by atoms with van der Waals surface area (Å²) >= 11 is 0. The van der Waals surface area contributed by atoms with E-state index in [1.54, 1.807) is 0 Å². The van der Waals surface area contributed by atoms with Gasteiger partial charge in [0.15, 0.2) is 5.69 Å². The Labute approximate surface area is 150 Å². The number of nitrogens with one attached hydrogen (secondary N) is 1. The van der Waals surface area contributed by atoms with Crippen molar-refractivity contribution in [2.75, 3.05) is 5.32 Å². The van der Waals surface area contributed by atoms with Crippen LogP contribution in [-0.4, -0.2) is 56.2 Å². The van der Waals surface area contributed by atoms with Crippen LogP contribution in [0.15, 0.2) is 29.2 Å². The number of anilines is 1. The summed E-state index contributed by atoms with van der Waals surface area (Å²) in [6.07, 6.45) is 0. The second-order valence-corrected chi connectivity index (χ2v) is 6.36. The van der Waals surface area contributed by atoms with Gasteiger partial charge in [0.1, 0.15) is 27.8 Å². The number of phenolic OH excluding ortho intramolecular Hbond substituents is 2. The van der Waals surface area contributed by atoms with Crippen LogP contribution in [0.1, 0.15) is 31.2 Å². The molecule has 13 heteroatoms. The van der Waals surface area contributed by atoms with Crippen LogP contribution in [0.25, 0.3) is 0 Å². The van der Waals surface area contributed by atoms with Crippen molar-refractivity contribution in [1.29, 1.82) is 0 Å². The van der Waals surface area contributed by atoms with Gasteiger partial charge < -0.3 is 25.7 Å². The van der Waals surface area contributed by atoms with Crippen molar-refractivity contribution in [2.24, 2.45) is 0 Å². The van der Waals surface area contributed by atoms with Crippen LogP contribution >= 0.6 is 0 Å². The first kappa shape index (κ1) is 19.6. The molecule has 0 saturated heterocycles. The molecule has 1 amide bonds. The number of carboxylic acid groups (broad SMARTS) is 2. The number of hydrogen-bond donors (Lipinski definition) is 6. The van der Waals surface area contributed by atoms with E-state index < -0.39 is 67.0 Å². The molecule has 0 unspecified atom stereocenters. The van der Waals surface area contributed by atoms with Crippen LogP contribution in [0.2, 0.25) is 0 Å².